The summed E-state index contributed by atoms with van der Waals surface area (Å²) < 4.78 is 0. The van der Waals surface area contributed by atoms with Crippen molar-refractivity contribution in [2.75, 3.05) is 0 Å². The largest absolute Gasteiger partial charge is 0.508 e. The molecule has 0 bridgehead atoms. The average molecular weight is 268 g/mol. The summed E-state index contributed by atoms with van der Waals surface area (Å²) >= 11 is 0. The van der Waals surface area contributed by atoms with Gasteiger partial charge >= 0.3 is 0 Å². The van der Waals surface area contributed by atoms with Gasteiger partial charge in [-0.15, -0.1) is 0 Å². The molecular weight excluding hydrogens is 252 g/mol. The third-order valence-electron chi connectivity index (χ3n) is 3.76. The Morgan fingerprint density at radius 3 is 2.35 bits per heavy atom. The molecule has 1 N–H and O–H groups in total. The fourth-order valence-corrected chi connectivity index (χ4v) is 2.40. The van der Waals surface area contributed by atoms with Gasteiger partial charge in [-0.1, -0.05) is 49.0 Å². The van der Waals surface area contributed by atoms with Crippen molar-refractivity contribution < 1.29 is 14.9 Å². The second-order valence-electron chi connectivity index (χ2n) is 5.08. The lowest BCUT2D eigenvalue weighted by Crippen LogP contribution is -2.22. The van der Waals surface area contributed by atoms with Gasteiger partial charge in [0.25, 0.3) is 0 Å². The molecule has 1 heterocycles. The van der Waals surface area contributed by atoms with Crippen LogP contribution in [0.25, 0.3) is 0 Å². The molecule has 0 radical (unpaired) electrons. The second kappa shape index (κ2) is 4.78. The number of phenols is 1. The molecule has 0 spiro atoms. The highest BCUT2D eigenvalue weighted by Crippen LogP contribution is 2.47. The molecule has 0 saturated carbocycles. The van der Waals surface area contributed by atoms with Gasteiger partial charge in [0, 0.05) is 0 Å². The predicted octanol–water partition coefficient (Wildman–Crippen LogP) is 3.87. The van der Waals surface area contributed by atoms with Gasteiger partial charge in [-0.25, -0.2) is 9.78 Å². The Kier molecular flexibility index (Phi) is 3.08. The van der Waals surface area contributed by atoms with Crippen LogP contribution in [0.4, 0.5) is 0 Å². The van der Waals surface area contributed by atoms with Crippen molar-refractivity contribution in [3.63, 3.8) is 0 Å². The second-order valence-corrected chi connectivity index (χ2v) is 5.08. The minimum atomic E-state index is -0.663. The Morgan fingerprint density at radius 1 is 1.05 bits per heavy atom. The minimum absolute atomic E-state index is 0.226. The molecular formula is C17H16O3. The zero-order chi connectivity index (χ0) is 14.2. The Labute approximate surface area is 118 Å². The molecule has 2 aromatic carbocycles. The topological polar surface area (TPSA) is 38.7 Å². The van der Waals surface area contributed by atoms with Crippen LogP contribution in [0.15, 0.2) is 66.7 Å². The van der Waals surface area contributed by atoms with Crippen LogP contribution in [0.1, 0.15) is 24.2 Å². The Morgan fingerprint density at radius 2 is 1.70 bits per heavy atom. The van der Waals surface area contributed by atoms with Crippen LogP contribution in [0.2, 0.25) is 0 Å². The number of phenolic OH excluding ortho intramolecular Hbond substituents is 1. The maximum atomic E-state index is 9.35. The highest BCUT2D eigenvalue weighted by Gasteiger charge is 2.44. The summed E-state index contributed by atoms with van der Waals surface area (Å²) in [7, 11) is 0. The van der Waals surface area contributed by atoms with E-state index in [1.807, 2.05) is 49.4 Å². The first-order chi connectivity index (χ1) is 9.61. The summed E-state index contributed by atoms with van der Waals surface area (Å²) in [6.07, 6.45) is -0.333. The third-order valence-corrected chi connectivity index (χ3v) is 3.76. The molecule has 3 rings (SSSR count). The van der Waals surface area contributed by atoms with Crippen molar-refractivity contribution in [3.8, 4) is 5.75 Å². The van der Waals surface area contributed by atoms with Gasteiger partial charge in [-0.2, -0.15) is 0 Å². The van der Waals surface area contributed by atoms with Gasteiger partial charge in [0.2, 0.25) is 0 Å². The number of rotatable bonds is 2. The Hall–Kier alpha value is -2.10. The average Bonchev–Trinajstić information content (AvgIpc) is 2.79. The SMILES string of the molecule is C=C1C(c2ccc(O)cc2)OOC1(C)c1ccccc1. The number of benzene rings is 2. The molecule has 1 aliphatic heterocycles. The van der Waals surface area contributed by atoms with Gasteiger partial charge in [0.15, 0.2) is 0 Å². The van der Waals surface area contributed by atoms with Crippen LogP contribution in [0.3, 0.4) is 0 Å². The maximum absolute atomic E-state index is 9.35. The van der Waals surface area contributed by atoms with Gasteiger partial charge in [0.05, 0.1) is 0 Å². The van der Waals surface area contributed by atoms with Crippen molar-refractivity contribution in [1.29, 1.82) is 0 Å². The molecule has 102 valence electrons. The number of hydrogen-bond donors (Lipinski definition) is 1. The molecule has 20 heavy (non-hydrogen) atoms. The number of hydrogen-bond acceptors (Lipinski definition) is 3. The molecule has 3 heteroatoms. The summed E-state index contributed by atoms with van der Waals surface area (Å²) in [6, 6.07) is 16.8. The van der Waals surface area contributed by atoms with E-state index < -0.39 is 5.60 Å². The maximum Gasteiger partial charge on any atom is 0.149 e. The van der Waals surface area contributed by atoms with E-state index in [4.69, 9.17) is 9.78 Å². The van der Waals surface area contributed by atoms with E-state index >= 15 is 0 Å². The molecule has 2 unspecified atom stereocenters. The summed E-state index contributed by atoms with van der Waals surface area (Å²) in [4.78, 5) is 11.1. The van der Waals surface area contributed by atoms with Gasteiger partial charge < -0.3 is 5.11 Å². The summed E-state index contributed by atoms with van der Waals surface area (Å²) in [5, 5.41) is 9.35. The lowest BCUT2D eigenvalue weighted by atomic mass is 9.84. The van der Waals surface area contributed by atoms with Crippen molar-refractivity contribution in [2.24, 2.45) is 0 Å². The van der Waals surface area contributed by atoms with E-state index in [1.165, 1.54) is 0 Å². The molecule has 1 aliphatic rings. The summed E-state index contributed by atoms with van der Waals surface area (Å²) in [6.45, 7) is 6.10. The van der Waals surface area contributed by atoms with Crippen molar-refractivity contribution in [3.05, 3.63) is 77.9 Å². The van der Waals surface area contributed by atoms with Crippen LogP contribution in [-0.2, 0) is 15.4 Å². The Balaban J connectivity index is 1.93. The smallest absolute Gasteiger partial charge is 0.149 e. The lowest BCUT2D eigenvalue weighted by molar-refractivity contribution is -0.328. The highest BCUT2D eigenvalue weighted by molar-refractivity contribution is 5.39. The zero-order valence-electron chi connectivity index (χ0n) is 11.2. The van der Waals surface area contributed by atoms with Crippen molar-refractivity contribution >= 4 is 0 Å². The van der Waals surface area contributed by atoms with E-state index in [2.05, 4.69) is 6.58 Å². The monoisotopic (exact) mass is 268 g/mol. The highest BCUT2D eigenvalue weighted by atomic mass is 17.2. The molecule has 3 nitrogen and oxygen atoms in total. The van der Waals surface area contributed by atoms with Crippen molar-refractivity contribution in [1.82, 2.24) is 0 Å². The molecule has 0 aliphatic carbocycles. The molecule has 2 aromatic rings. The van der Waals surface area contributed by atoms with Gasteiger partial charge in [-0.3, -0.25) is 0 Å². The molecule has 1 saturated heterocycles. The quantitative estimate of drug-likeness (QED) is 0.664. The van der Waals surface area contributed by atoms with Gasteiger partial charge in [-0.05, 0) is 35.8 Å². The predicted molar refractivity (Wildman–Crippen MR) is 76.0 cm³/mol. The van der Waals surface area contributed by atoms with Crippen LogP contribution in [0.5, 0.6) is 5.75 Å². The molecule has 2 atom stereocenters. The fraction of sp³-hybridized carbons (Fsp3) is 0.176. The van der Waals surface area contributed by atoms with Crippen molar-refractivity contribution in [2.45, 2.75) is 18.6 Å². The first-order valence-electron chi connectivity index (χ1n) is 6.49. The normalized spacial score (nSPS) is 25.9. The first kappa shape index (κ1) is 12.9. The summed E-state index contributed by atoms with van der Waals surface area (Å²) in [5.41, 5.74) is 2.09. The first-order valence-corrected chi connectivity index (χ1v) is 6.49. The zero-order valence-corrected chi connectivity index (χ0v) is 11.2. The van der Waals surface area contributed by atoms with E-state index in [9.17, 15) is 5.11 Å². The van der Waals surface area contributed by atoms with Crippen LogP contribution < -0.4 is 0 Å². The minimum Gasteiger partial charge on any atom is -0.508 e. The fourth-order valence-electron chi connectivity index (χ4n) is 2.40. The van der Waals surface area contributed by atoms with E-state index in [1.54, 1.807) is 12.1 Å². The Bertz CT molecular complexity index is 618. The lowest BCUT2D eigenvalue weighted by Gasteiger charge is -2.22. The van der Waals surface area contributed by atoms with Crippen LogP contribution in [-0.4, -0.2) is 5.11 Å². The number of aromatic hydroxyl groups is 1. The van der Waals surface area contributed by atoms with Gasteiger partial charge in [0.1, 0.15) is 17.5 Å². The molecule has 0 aromatic heterocycles. The molecule has 1 fully saturated rings. The van der Waals surface area contributed by atoms with Crippen LogP contribution >= 0.6 is 0 Å². The molecule has 0 amide bonds. The van der Waals surface area contributed by atoms with E-state index in [0.717, 1.165) is 16.7 Å². The van der Waals surface area contributed by atoms with E-state index in [-0.39, 0.29) is 11.9 Å². The van der Waals surface area contributed by atoms with Crippen LogP contribution in [0, 0.1) is 0 Å². The standard InChI is InChI=1S/C17H16O3/c1-12-16(13-8-10-15(18)11-9-13)19-20-17(12,2)14-6-4-3-5-7-14/h3-11,16,18H,1H2,2H3. The summed E-state index contributed by atoms with van der Waals surface area (Å²) in [5.74, 6) is 0.226. The van der Waals surface area contributed by atoms with E-state index in [0.29, 0.717) is 0 Å². The third kappa shape index (κ3) is 2.01.